The molecule has 2 aliphatic rings. The second-order valence-corrected chi connectivity index (χ2v) is 8.81. The Balaban J connectivity index is 1.30. The SMILES string of the molecule is CO[N+](=O)c1ccc(C=C2Sc3nc(N4CCN(c5ccccn5)CC4)ccc3NC2=O)cc1. The zero-order valence-corrected chi connectivity index (χ0v) is 19.4. The van der Waals surface area contributed by atoms with E-state index in [1.807, 2.05) is 36.5 Å². The number of carbonyl (C=O) groups excluding carboxylic acids is 1. The summed E-state index contributed by atoms with van der Waals surface area (Å²) in [6.07, 6.45) is 3.60. The lowest BCUT2D eigenvalue weighted by Gasteiger charge is -2.36. The first kappa shape index (κ1) is 21.9. The summed E-state index contributed by atoms with van der Waals surface area (Å²) in [6.45, 7) is 3.41. The number of benzene rings is 1. The van der Waals surface area contributed by atoms with Gasteiger partial charge in [-0.2, -0.15) is 0 Å². The Bertz CT molecular complexity index is 1240. The fourth-order valence-corrected chi connectivity index (χ4v) is 4.78. The van der Waals surface area contributed by atoms with E-state index >= 15 is 0 Å². The molecule has 5 rings (SSSR count). The lowest BCUT2D eigenvalue weighted by atomic mass is 10.2. The van der Waals surface area contributed by atoms with Gasteiger partial charge in [0.25, 0.3) is 10.8 Å². The fourth-order valence-electron chi connectivity index (χ4n) is 3.86. The van der Waals surface area contributed by atoms with Crippen LogP contribution in [0.3, 0.4) is 0 Å². The minimum Gasteiger partial charge on any atom is -0.353 e. The number of hydrogen-bond donors (Lipinski definition) is 1. The molecule has 0 radical (unpaired) electrons. The molecule has 2 aliphatic heterocycles. The molecule has 0 aliphatic carbocycles. The molecule has 0 saturated carbocycles. The fraction of sp³-hybridized carbons (Fsp3) is 0.208. The first-order valence-electron chi connectivity index (χ1n) is 10.8. The zero-order valence-electron chi connectivity index (χ0n) is 18.5. The van der Waals surface area contributed by atoms with Crippen molar-refractivity contribution in [2.75, 3.05) is 48.4 Å². The van der Waals surface area contributed by atoms with Crippen molar-refractivity contribution in [3.8, 4) is 0 Å². The number of hydrogen-bond acceptors (Lipinski definition) is 8. The van der Waals surface area contributed by atoms with Crippen LogP contribution in [-0.4, -0.2) is 54.1 Å². The zero-order chi connectivity index (χ0) is 23.5. The van der Waals surface area contributed by atoms with E-state index in [1.54, 1.807) is 30.3 Å². The number of rotatable bonds is 5. The monoisotopic (exact) mass is 475 g/mol. The molecule has 0 spiro atoms. The number of anilines is 3. The molecule has 1 N–H and O–H groups in total. The summed E-state index contributed by atoms with van der Waals surface area (Å²) < 4.78 is 0. The maximum atomic E-state index is 12.6. The van der Waals surface area contributed by atoms with Gasteiger partial charge in [0.1, 0.15) is 16.7 Å². The van der Waals surface area contributed by atoms with Crippen LogP contribution in [0.2, 0.25) is 0 Å². The number of amides is 1. The van der Waals surface area contributed by atoms with Gasteiger partial charge in [0.05, 0.1) is 15.5 Å². The molecule has 0 atom stereocenters. The van der Waals surface area contributed by atoms with Gasteiger partial charge >= 0.3 is 5.69 Å². The number of fused-ring (bicyclic) bond motifs is 1. The van der Waals surface area contributed by atoms with Crippen molar-refractivity contribution in [1.29, 1.82) is 0 Å². The second-order valence-electron chi connectivity index (χ2n) is 7.78. The molecule has 34 heavy (non-hydrogen) atoms. The van der Waals surface area contributed by atoms with Crippen LogP contribution in [0.5, 0.6) is 0 Å². The number of thioether (sulfide) groups is 1. The average Bonchev–Trinajstić information content (AvgIpc) is 2.89. The van der Waals surface area contributed by atoms with Crippen molar-refractivity contribution in [3.05, 3.63) is 76.2 Å². The van der Waals surface area contributed by atoms with Crippen molar-refractivity contribution < 1.29 is 14.6 Å². The summed E-state index contributed by atoms with van der Waals surface area (Å²) >= 11 is 1.34. The Kier molecular flexibility index (Phi) is 6.13. The molecule has 2 aromatic heterocycles. The van der Waals surface area contributed by atoms with Crippen LogP contribution in [0.4, 0.5) is 23.0 Å². The van der Waals surface area contributed by atoms with E-state index in [0.717, 1.165) is 48.4 Å². The highest BCUT2D eigenvalue weighted by molar-refractivity contribution is 8.04. The lowest BCUT2D eigenvalue weighted by Crippen LogP contribution is -2.47. The third-order valence-corrected chi connectivity index (χ3v) is 6.70. The van der Waals surface area contributed by atoms with Crippen LogP contribution in [-0.2, 0) is 9.63 Å². The Labute approximate surface area is 201 Å². The van der Waals surface area contributed by atoms with E-state index < -0.39 is 0 Å². The van der Waals surface area contributed by atoms with Crippen molar-refractivity contribution >= 4 is 46.8 Å². The minimum absolute atomic E-state index is 0.178. The first-order valence-corrected chi connectivity index (χ1v) is 11.7. The number of aromatic nitrogens is 2. The van der Waals surface area contributed by atoms with Crippen LogP contribution >= 0.6 is 11.8 Å². The predicted octanol–water partition coefficient (Wildman–Crippen LogP) is 3.86. The average molecular weight is 476 g/mol. The van der Waals surface area contributed by atoms with E-state index in [0.29, 0.717) is 21.2 Å². The molecule has 1 fully saturated rings. The molecule has 172 valence electrons. The lowest BCUT2D eigenvalue weighted by molar-refractivity contribution is -0.736. The van der Waals surface area contributed by atoms with Crippen LogP contribution in [0.15, 0.2) is 70.7 Å². The summed E-state index contributed by atoms with van der Waals surface area (Å²) in [5.74, 6) is 1.70. The number of nitrogens with zero attached hydrogens (tertiary/aromatic N) is 5. The van der Waals surface area contributed by atoms with Crippen molar-refractivity contribution in [1.82, 2.24) is 9.97 Å². The summed E-state index contributed by atoms with van der Waals surface area (Å²) in [4.78, 5) is 43.6. The van der Waals surface area contributed by atoms with Crippen molar-refractivity contribution in [2.24, 2.45) is 0 Å². The van der Waals surface area contributed by atoms with Crippen molar-refractivity contribution in [2.45, 2.75) is 5.03 Å². The van der Waals surface area contributed by atoms with Gasteiger partial charge in [-0.05, 0) is 48.0 Å². The summed E-state index contributed by atoms with van der Waals surface area (Å²) in [6, 6.07) is 16.6. The van der Waals surface area contributed by atoms with Gasteiger partial charge in [-0.3, -0.25) is 4.79 Å². The third kappa shape index (κ3) is 4.58. The van der Waals surface area contributed by atoms with Gasteiger partial charge in [-0.25, -0.2) is 14.8 Å². The van der Waals surface area contributed by atoms with Crippen LogP contribution < -0.4 is 15.1 Å². The van der Waals surface area contributed by atoms with Crippen LogP contribution in [0, 0.1) is 4.91 Å². The second kappa shape index (κ2) is 9.52. The standard InChI is InChI=1S/C24H22N6O3S/c1-33-30(32)18-7-5-17(6-8-18)16-20-23(31)26-19-9-10-22(27-24(19)34-20)29-14-12-28(13-15-29)21-4-2-3-11-25-21/h2-11,16H,12-15H2,1H3/p+1. The smallest absolute Gasteiger partial charge is 0.316 e. The van der Waals surface area contributed by atoms with Crippen LogP contribution in [0.1, 0.15) is 5.56 Å². The van der Waals surface area contributed by atoms with Crippen LogP contribution in [0.25, 0.3) is 6.08 Å². The molecule has 9 nitrogen and oxygen atoms in total. The van der Waals surface area contributed by atoms with E-state index in [1.165, 1.54) is 18.9 Å². The predicted molar refractivity (Wildman–Crippen MR) is 132 cm³/mol. The van der Waals surface area contributed by atoms with Gasteiger partial charge in [0, 0.05) is 44.5 Å². The number of carbonyl (C=O) groups is 1. The summed E-state index contributed by atoms with van der Waals surface area (Å²) in [5, 5.41) is 3.69. The van der Waals surface area contributed by atoms with E-state index in [2.05, 4.69) is 24.9 Å². The number of pyridine rings is 2. The Morgan fingerprint density at radius 1 is 1.00 bits per heavy atom. The molecule has 1 saturated heterocycles. The normalized spacial score (nSPS) is 16.7. The highest BCUT2D eigenvalue weighted by Crippen LogP contribution is 2.39. The molecular weight excluding hydrogens is 452 g/mol. The van der Waals surface area contributed by atoms with Gasteiger partial charge in [0.15, 0.2) is 7.11 Å². The highest BCUT2D eigenvalue weighted by atomic mass is 32.2. The molecule has 1 amide bonds. The van der Waals surface area contributed by atoms with E-state index in [4.69, 9.17) is 4.98 Å². The Morgan fingerprint density at radius 2 is 1.74 bits per heavy atom. The number of piperazine rings is 1. The Morgan fingerprint density at radius 3 is 2.41 bits per heavy atom. The first-order chi connectivity index (χ1) is 16.6. The maximum Gasteiger partial charge on any atom is 0.316 e. The minimum atomic E-state index is -0.178. The van der Waals surface area contributed by atoms with Gasteiger partial charge in [0.2, 0.25) is 0 Å². The molecular formula is C24H23N6O3S+. The molecule has 0 unspecified atom stereocenters. The quantitative estimate of drug-likeness (QED) is 0.440. The van der Waals surface area contributed by atoms with Gasteiger partial charge < -0.3 is 15.1 Å². The highest BCUT2D eigenvalue weighted by Gasteiger charge is 2.25. The molecule has 4 heterocycles. The van der Waals surface area contributed by atoms with Gasteiger partial charge in [-0.15, -0.1) is 0 Å². The number of nitrogens with one attached hydrogen (secondary N) is 1. The largest absolute Gasteiger partial charge is 0.353 e. The maximum absolute atomic E-state index is 12.6. The van der Waals surface area contributed by atoms with Crippen molar-refractivity contribution in [3.63, 3.8) is 0 Å². The molecule has 0 bridgehead atoms. The van der Waals surface area contributed by atoms with E-state index in [9.17, 15) is 9.70 Å². The molecule has 3 aromatic rings. The summed E-state index contributed by atoms with van der Waals surface area (Å²) in [5.41, 5.74) is 1.89. The topological polar surface area (TPSA) is 90.7 Å². The molecule has 10 heteroatoms. The van der Waals surface area contributed by atoms with E-state index in [-0.39, 0.29) is 5.91 Å². The third-order valence-electron chi connectivity index (χ3n) is 5.67. The summed E-state index contributed by atoms with van der Waals surface area (Å²) in [7, 11) is 1.31. The molecule has 1 aromatic carbocycles. The Hall–Kier alpha value is -3.92. The van der Waals surface area contributed by atoms with Gasteiger partial charge in [-0.1, -0.05) is 17.8 Å².